The number of amides is 1. The summed E-state index contributed by atoms with van der Waals surface area (Å²) in [7, 11) is 0. The molecule has 0 saturated heterocycles. The summed E-state index contributed by atoms with van der Waals surface area (Å²) in [5.74, 6) is 2.35. The molecule has 0 aliphatic carbocycles. The van der Waals surface area contributed by atoms with Gasteiger partial charge in [0.25, 0.3) is 0 Å². The average Bonchev–Trinajstić information content (AvgIpc) is 2.60. The summed E-state index contributed by atoms with van der Waals surface area (Å²) in [6.07, 6.45) is 5.53. The van der Waals surface area contributed by atoms with Gasteiger partial charge in [0.15, 0.2) is 11.6 Å². The Morgan fingerprint density at radius 1 is 1.24 bits per heavy atom. The van der Waals surface area contributed by atoms with E-state index < -0.39 is 0 Å². The Bertz CT molecular complexity index is 571. The molecule has 1 N–H and O–H groups in total. The van der Waals surface area contributed by atoms with Crippen LogP contribution in [0.3, 0.4) is 0 Å². The third-order valence-electron chi connectivity index (χ3n) is 4.79. The van der Waals surface area contributed by atoms with Crippen molar-refractivity contribution in [2.75, 3.05) is 34.8 Å². The molecule has 0 aromatic carbocycles. The number of carbonyl (C=O) groups excluding carboxylic acids is 1. The van der Waals surface area contributed by atoms with E-state index in [1.807, 2.05) is 4.90 Å². The SMILES string of the molecule is CCCC[C@@H]1Nc2ncnc(N(CC)CC)c2N(CCC(C)C)C1=O. The Hall–Kier alpha value is -1.85. The molecule has 25 heavy (non-hydrogen) atoms. The molecule has 0 saturated carbocycles. The molecule has 1 atom stereocenters. The lowest BCUT2D eigenvalue weighted by molar-refractivity contribution is -0.119. The molecular formula is C19H33N5O. The number of aromatic nitrogens is 2. The van der Waals surface area contributed by atoms with Crippen LogP contribution in [0.4, 0.5) is 17.3 Å². The number of carbonyl (C=O) groups is 1. The lowest BCUT2D eigenvalue weighted by Gasteiger charge is -2.37. The molecule has 1 aromatic rings. The zero-order chi connectivity index (χ0) is 18.4. The van der Waals surface area contributed by atoms with Gasteiger partial charge >= 0.3 is 0 Å². The summed E-state index contributed by atoms with van der Waals surface area (Å²) in [5, 5.41) is 3.37. The average molecular weight is 348 g/mol. The summed E-state index contributed by atoms with van der Waals surface area (Å²) in [4.78, 5) is 26.2. The first-order valence-electron chi connectivity index (χ1n) is 9.71. The summed E-state index contributed by atoms with van der Waals surface area (Å²) in [5.41, 5.74) is 0.851. The first-order chi connectivity index (χ1) is 12.0. The smallest absolute Gasteiger partial charge is 0.249 e. The van der Waals surface area contributed by atoms with Crippen molar-refractivity contribution in [1.82, 2.24) is 9.97 Å². The molecule has 2 rings (SSSR count). The maximum Gasteiger partial charge on any atom is 0.249 e. The largest absolute Gasteiger partial charge is 0.356 e. The highest BCUT2D eigenvalue weighted by Gasteiger charge is 2.35. The van der Waals surface area contributed by atoms with E-state index in [0.29, 0.717) is 5.92 Å². The van der Waals surface area contributed by atoms with Crippen LogP contribution >= 0.6 is 0 Å². The van der Waals surface area contributed by atoms with Gasteiger partial charge in [-0.15, -0.1) is 0 Å². The van der Waals surface area contributed by atoms with Gasteiger partial charge in [0, 0.05) is 19.6 Å². The van der Waals surface area contributed by atoms with Crippen molar-refractivity contribution in [3.05, 3.63) is 6.33 Å². The minimum atomic E-state index is -0.181. The third kappa shape index (κ3) is 4.41. The van der Waals surface area contributed by atoms with E-state index in [0.717, 1.165) is 62.6 Å². The monoisotopic (exact) mass is 347 g/mol. The molecule has 2 heterocycles. The standard InChI is InChI=1S/C19H33N5O/c1-6-9-10-15-19(25)24(12-11-14(4)5)16-17(22-15)20-13-21-18(16)23(7-2)8-3/h13-15H,6-12H2,1-5H3,(H,20,21,22)/t15-/m0/s1. The Morgan fingerprint density at radius 3 is 2.56 bits per heavy atom. The fourth-order valence-corrected chi connectivity index (χ4v) is 3.22. The lowest BCUT2D eigenvalue weighted by atomic mass is 10.0. The number of nitrogens with zero attached hydrogens (tertiary/aromatic N) is 4. The summed E-state index contributed by atoms with van der Waals surface area (Å²) >= 11 is 0. The van der Waals surface area contributed by atoms with Crippen molar-refractivity contribution < 1.29 is 4.79 Å². The molecule has 0 spiro atoms. The number of hydrogen-bond donors (Lipinski definition) is 1. The summed E-state index contributed by atoms with van der Waals surface area (Å²) in [6, 6.07) is -0.181. The van der Waals surface area contributed by atoms with Gasteiger partial charge in [0.05, 0.1) is 0 Å². The van der Waals surface area contributed by atoms with Crippen molar-refractivity contribution >= 4 is 23.2 Å². The van der Waals surface area contributed by atoms with E-state index in [1.165, 1.54) is 0 Å². The minimum absolute atomic E-state index is 0.157. The number of rotatable bonds is 9. The highest BCUT2D eigenvalue weighted by Crippen LogP contribution is 2.38. The van der Waals surface area contributed by atoms with E-state index in [1.54, 1.807) is 6.33 Å². The van der Waals surface area contributed by atoms with Gasteiger partial charge in [-0.05, 0) is 32.6 Å². The van der Waals surface area contributed by atoms with Crippen LogP contribution in [0.5, 0.6) is 0 Å². The van der Waals surface area contributed by atoms with Crippen LogP contribution in [0.1, 0.15) is 60.3 Å². The van der Waals surface area contributed by atoms with Crippen LogP contribution in [0, 0.1) is 5.92 Å². The topological polar surface area (TPSA) is 61.4 Å². The summed E-state index contributed by atoms with van der Waals surface area (Å²) < 4.78 is 0. The third-order valence-corrected chi connectivity index (χ3v) is 4.79. The number of unbranched alkanes of at least 4 members (excludes halogenated alkanes) is 1. The molecule has 0 fully saturated rings. The Kier molecular flexibility index (Phi) is 7.02. The molecule has 6 nitrogen and oxygen atoms in total. The minimum Gasteiger partial charge on any atom is -0.356 e. The van der Waals surface area contributed by atoms with Gasteiger partial charge < -0.3 is 15.1 Å². The van der Waals surface area contributed by atoms with Crippen LogP contribution < -0.4 is 15.1 Å². The van der Waals surface area contributed by atoms with Gasteiger partial charge in [-0.3, -0.25) is 4.79 Å². The molecule has 0 bridgehead atoms. The maximum absolute atomic E-state index is 13.1. The van der Waals surface area contributed by atoms with Gasteiger partial charge in [-0.2, -0.15) is 0 Å². The molecule has 1 aliphatic heterocycles. The lowest BCUT2D eigenvalue weighted by Crippen LogP contribution is -2.49. The van der Waals surface area contributed by atoms with Gasteiger partial charge in [-0.25, -0.2) is 9.97 Å². The van der Waals surface area contributed by atoms with Crippen LogP contribution in [-0.2, 0) is 4.79 Å². The normalized spacial score (nSPS) is 16.8. The second-order valence-corrected chi connectivity index (χ2v) is 7.08. The quantitative estimate of drug-likeness (QED) is 0.738. The second kappa shape index (κ2) is 9.02. The molecule has 0 radical (unpaired) electrons. The predicted octanol–water partition coefficient (Wildman–Crippen LogP) is 3.69. The van der Waals surface area contributed by atoms with Gasteiger partial charge in [-0.1, -0.05) is 33.6 Å². The van der Waals surface area contributed by atoms with E-state index in [-0.39, 0.29) is 11.9 Å². The first-order valence-corrected chi connectivity index (χ1v) is 9.71. The Morgan fingerprint density at radius 2 is 1.96 bits per heavy atom. The summed E-state index contributed by atoms with van der Waals surface area (Å²) in [6.45, 7) is 13.2. The fraction of sp³-hybridized carbons (Fsp3) is 0.737. The van der Waals surface area contributed by atoms with Crippen molar-refractivity contribution in [2.45, 2.75) is 66.3 Å². The second-order valence-electron chi connectivity index (χ2n) is 7.08. The number of anilines is 3. The molecule has 1 aromatic heterocycles. The molecule has 6 heteroatoms. The number of hydrogen-bond acceptors (Lipinski definition) is 5. The molecule has 0 unspecified atom stereocenters. The van der Waals surface area contributed by atoms with E-state index in [2.05, 4.69) is 54.8 Å². The van der Waals surface area contributed by atoms with Crippen LogP contribution in [-0.4, -0.2) is 41.6 Å². The number of nitrogens with one attached hydrogen (secondary N) is 1. The Labute approximate surface area is 152 Å². The van der Waals surface area contributed by atoms with Gasteiger partial charge in [0.2, 0.25) is 5.91 Å². The van der Waals surface area contributed by atoms with Crippen LogP contribution in [0.15, 0.2) is 6.33 Å². The van der Waals surface area contributed by atoms with Crippen LogP contribution in [0.2, 0.25) is 0 Å². The van der Waals surface area contributed by atoms with Crippen molar-refractivity contribution in [3.8, 4) is 0 Å². The van der Waals surface area contributed by atoms with Gasteiger partial charge in [0.1, 0.15) is 18.1 Å². The van der Waals surface area contributed by atoms with Crippen molar-refractivity contribution in [2.24, 2.45) is 5.92 Å². The first kappa shape index (κ1) is 19.5. The van der Waals surface area contributed by atoms with E-state index >= 15 is 0 Å². The zero-order valence-electron chi connectivity index (χ0n) is 16.4. The van der Waals surface area contributed by atoms with Crippen molar-refractivity contribution in [1.29, 1.82) is 0 Å². The highest BCUT2D eigenvalue weighted by molar-refractivity contribution is 6.06. The molecule has 1 aliphatic rings. The maximum atomic E-state index is 13.1. The van der Waals surface area contributed by atoms with Crippen molar-refractivity contribution in [3.63, 3.8) is 0 Å². The molecular weight excluding hydrogens is 314 g/mol. The van der Waals surface area contributed by atoms with Crippen LogP contribution in [0.25, 0.3) is 0 Å². The molecule has 1 amide bonds. The highest BCUT2D eigenvalue weighted by atomic mass is 16.2. The fourth-order valence-electron chi connectivity index (χ4n) is 3.22. The molecule has 140 valence electrons. The van der Waals surface area contributed by atoms with E-state index in [4.69, 9.17) is 0 Å². The predicted molar refractivity (Wildman–Crippen MR) is 104 cm³/mol. The Balaban J connectivity index is 2.43. The van der Waals surface area contributed by atoms with E-state index in [9.17, 15) is 4.79 Å². The zero-order valence-corrected chi connectivity index (χ0v) is 16.4. The number of fused-ring (bicyclic) bond motifs is 1.